The second kappa shape index (κ2) is 8.92. The Labute approximate surface area is 218 Å². The van der Waals surface area contributed by atoms with Gasteiger partial charge in [-0.15, -0.1) is 11.3 Å². The molecule has 3 aromatic rings. The summed E-state index contributed by atoms with van der Waals surface area (Å²) in [7, 11) is 0. The van der Waals surface area contributed by atoms with E-state index in [1.807, 2.05) is 25.1 Å². The average Bonchev–Trinajstić information content (AvgIpc) is 3.35. The van der Waals surface area contributed by atoms with Crippen molar-refractivity contribution in [1.29, 1.82) is 5.26 Å². The van der Waals surface area contributed by atoms with Crippen LogP contribution < -0.4 is 16.0 Å². The normalized spacial score (nSPS) is 22.5. The molecule has 2 aromatic heterocycles. The number of carbonyl (C=O) groups excluding carboxylic acids is 1. The van der Waals surface area contributed by atoms with E-state index in [1.54, 1.807) is 4.90 Å². The third kappa shape index (κ3) is 3.94. The Hall–Kier alpha value is -3.84. The zero-order valence-corrected chi connectivity index (χ0v) is 21.3. The predicted molar refractivity (Wildman–Crippen MR) is 142 cm³/mol. The summed E-state index contributed by atoms with van der Waals surface area (Å²) in [4.78, 5) is 34.3. The fraction of sp³-hybridized carbons (Fsp3) is 0.407. The van der Waals surface area contributed by atoms with Crippen molar-refractivity contribution in [3.63, 3.8) is 0 Å². The number of hydrogen-bond donors (Lipinski definition) is 3. The molecule has 0 radical (unpaired) electrons. The monoisotopic (exact) mass is 516 g/mol. The maximum absolute atomic E-state index is 13.1. The number of nitriles is 1. The van der Waals surface area contributed by atoms with Crippen molar-refractivity contribution in [2.24, 2.45) is 0 Å². The van der Waals surface area contributed by atoms with E-state index in [9.17, 15) is 20.0 Å². The van der Waals surface area contributed by atoms with E-state index in [-0.39, 0.29) is 24.0 Å². The molecule has 4 heterocycles. The number of anilines is 2. The molecule has 3 unspecified atom stereocenters. The first-order chi connectivity index (χ1) is 17.8. The van der Waals surface area contributed by atoms with Gasteiger partial charge in [0.15, 0.2) is 0 Å². The van der Waals surface area contributed by atoms with Crippen molar-refractivity contribution < 1.29 is 14.7 Å². The Morgan fingerprint density at radius 3 is 2.65 bits per heavy atom. The van der Waals surface area contributed by atoms with Gasteiger partial charge in [-0.05, 0) is 68.4 Å². The third-order valence-corrected chi connectivity index (χ3v) is 9.14. The van der Waals surface area contributed by atoms with Crippen molar-refractivity contribution in [3.05, 3.63) is 51.5 Å². The van der Waals surface area contributed by atoms with Crippen molar-refractivity contribution >= 4 is 44.9 Å². The Morgan fingerprint density at radius 1 is 1.19 bits per heavy atom. The number of piperazine rings is 1. The minimum absolute atomic E-state index is 0.0288. The lowest BCUT2D eigenvalue weighted by Crippen LogP contribution is -2.55. The van der Waals surface area contributed by atoms with Gasteiger partial charge in [-0.3, -0.25) is 9.69 Å². The van der Waals surface area contributed by atoms with Gasteiger partial charge in [0.2, 0.25) is 0 Å². The molecule has 4 N–H and O–H groups in total. The molecule has 10 heteroatoms. The molecule has 3 aliphatic rings. The summed E-state index contributed by atoms with van der Waals surface area (Å²) in [5.41, 5.74) is 11.3. The zero-order chi connectivity index (χ0) is 25.8. The summed E-state index contributed by atoms with van der Waals surface area (Å²) in [6, 6.07) is 10.2. The minimum atomic E-state index is -0.852. The van der Waals surface area contributed by atoms with Crippen LogP contribution in [0.25, 0.3) is 10.2 Å². The molecule has 1 aromatic carbocycles. The van der Waals surface area contributed by atoms with Crippen LogP contribution in [0.15, 0.2) is 24.3 Å². The zero-order valence-electron chi connectivity index (χ0n) is 20.5. The average molecular weight is 517 g/mol. The quantitative estimate of drug-likeness (QED) is 0.483. The fourth-order valence-corrected chi connectivity index (χ4v) is 7.32. The molecule has 2 amide bonds. The Morgan fingerprint density at radius 2 is 1.95 bits per heavy atom. The van der Waals surface area contributed by atoms with Crippen LogP contribution in [0, 0.1) is 18.3 Å². The SMILES string of the molecule is Cc1ccc2c(N)c(C(=O)NC3CCc4c(ccc(N5CC6CCC(C5)N6C(=O)O)c4C#N)C3)sc2n1. The summed E-state index contributed by atoms with van der Waals surface area (Å²) in [5.74, 6) is -0.185. The Balaban J connectivity index is 1.20. The summed E-state index contributed by atoms with van der Waals surface area (Å²) in [6.45, 7) is 3.13. The van der Waals surface area contributed by atoms with Crippen LogP contribution in [0.2, 0.25) is 0 Å². The van der Waals surface area contributed by atoms with E-state index in [0.29, 0.717) is 42.1 Å². The molecule has 2 fully saturated rings. The van der Waals surface area contributed by atoms with Crippen LogP contribution >= 0.6 is 11.3 Å². The maximum atomic E-state index is 13.1. The van der Waals surface area contributed by atoms with Gasteiger partial charge < -0.3 is 21.1 Å². The first-order valence-corrected chi connectivity index (χ1v) is 13.4. The van der Waals surface area contributed by atoms with Crippen LogP contribution in [0.5, 0.6) is 0 Å². The molecular formula is C27H28N6O3S. The standard InChI is InChI=1S/C27H28N6O3S/c1-14-2-7-20-23(29)24(37-26(20)30-14)25(34)31-16-4-8-19-15(10-16)3-9-22(21(19)11-28)32-12-17-5-6-18(13-32)33(17)27(35)36/h2-3,7,9,16-18H,4-6,8,10,12-13,29H2,1H3,(H,31,34)(H,35,36). The second-order valence-electron chi connectivity index (χ2n) is 10.3. The molecule has 190 valence electrons. The number of nitrogens with two attached hydrogens (primary N) is 1. The number of amides is 2. The van der Waals surface area contributed by atoms with E-state index >= 15 is 0 Å². The van der Waals surface area contributed by atoms with Crippen molar-refractivity contribution in [3.8, 4) is 6.07 Å². The van der Waals surface area contributed by atoms with Crippen LogP contribution in [-0.4, -0.2) is 58.2 Å². The third-order valence-electron chi connectivity index (χ3n) is 8.03. The van der Waals surface area contributed by atoms with Crippen molar-refractivity contribution in [2.45, 2.75) is 57.2 Å². The number of nitrogens with one attached hydrogen (secondary N) is 1. The van der Waals surface area contributed by atoms with E-state index in [0.717, 1.165) is 52.0 Å². The molecule has 2 saturated heterocycles. The topological polar surface area (TPSA) is 136 Å². The number of benzene rings is 1. The molecule has 0 saturated carbocycles. The van der Waals surface area contributed by atoms with Gasteiger partial charge in [0.25, 0.3) is 5.91 Å². The molecule has 2 bridgehead atoms. The number of nitrogen functional groups attached to an aromatic ring is 1. The number of fused-ring (bicyclic) bond motifs is 4. The lowest BCUT2D eigenvalue weighted by atomic mass is 9.84. The smallest absolute Gasteiger partial charge is 0.407 e. The van der Waals surface area contributed by atoms with Gasteiger partial charge in [0.05, 0.1) is 29.0 Å². The van der Waals surface area contributed by atoms with Crippen molar-refractivity contribution in [2.75, 3.05) is 23.7 Å². The highest BCUT2D eigenvalue weighted by molar-refractivity contribution is 7.21. The predicted octanol–water partition coefficient (Wildman–Crippen LogP) is 3.68. The highest BCUT2D eigenvalue weighted by atomic mass is 32.1. The minimum Gasteiger partial charge on any atom is -0.465 e. The molecule has 1 aliphatic carbocycles. The highest BCUT2D eigenvalue weighted by Crippen LogP contribution is 2.37. The summed E-state index contributed by atoms with van der Waals surface area (Å²) in [5, 5.41) is 23.6. The van der Waals surface area contributed by atoms with Gasteiger partial charge in [0, 0.05) is 30.2 Å². The van der Waals surface area contributed by atoms with Crippen LogP contribution in [-0.2, 0) is 12.8 Å². The molecular weight excluding hydrogens is 488 g/mol. The summed E-state index contributed by atoms with van der Waals surface area (Å²) >= 11 is 1.31. The summed E-state index contributed by atoms with van der Waals surface area (Å²) in [6.07, 6.45) is 2.95. The number of nitrogens with zero attached hydrogens (tertiary/aromatic N) is 4. The van der Waals surface area contributed by atoms with Crippen LogP contribution in [0.4, 0.5) is 16.2 Å². The van der Waals surface area contributed by atoms with E-state index in [2.05, 4.69) is 27.3 Å². The van der Waals surface area contributed by atoms with Gasteiger partial charge in [-0.1, -0.05) is 6.07 Å². The number of hydrogen-bond acceptors (Lipinski definition) is 7. The molecule has 9 nitrogen and oxygen atoms in total. The van der Waals surface area contributed by atoms with Gasteiger partial charge in [-0.2, -0.15) is 5.26 Å². The fourth-order valence-electron chi connectivity index (χ4n) is 6.27. The maximum Gasteiger partial charge on any atom is 0.407 e. The van der Waals surface area contributed by atoms with E-state index < -0.39 is 6.09 Å². The number of carbonyl (C=O) groups is 2. The number of thiophene rings is 1. The van der Waals surface area contributed by atoms with Gasteiger partial charge >= 0.3 is 6.09 Å². The lowest BCUT2D eigenvalue weighted by molar-refractivity contribution is 0.0938. The molecule has 2 aliphatic heterocycles. The number of aryl methyl sites for hydroxylation is 1. The molecule has 37 heavy (non-hydrogen) atoms. The van der Waals surface area contributed by atoms with Crippen LogP contribution in [0.1, 0.15) is 51.3 Å². The number of rotatable bonds is 3. The largest absolute Gasteiger partial charge is 0.465 e. The van der Waals surface area contributed by atoms with E-state index in [1.165, 1.54) is 11.3 Å². The van der Waals surface area contributed by atoms with E-state index in [4.69, 9.17) is 5.73 Å². The first-order valence-electron chi connectivity index (χ1n) is 12.6. The van der Waals surface area contributed by atoms with Gasteiger partial charge in [-0.25, -0.2) is 9.78 Å². The highest BCUT2D eigenvalue weighted by Gasteiger charge is 2.43. The Bertz CT molecular complexity index is 1460. The lowest BCUT2D eigenvalue weighted by Gasteiger charge is -2.41. The number of aromatic nitrogens is 1. The van der Waals surface area contributed by atoms with Gasteiger partial charge in [0.1, 0.15) is 15.8 Å². The van der Waals surface area contributed by atoms with Crippen LogP contribution in [0.3, 0.4) is 0 Å². The molecule has 0 spiro atoms. The number of carboxylic acid groups (broad SMARTS) is 1. The first kappa shape index (κ1) is 23.6. The Kier molecular flexibility index (Phi) is 5.68. The summed E-state index contributed by atoms with van der Waals surface area (Å²) < 4.78 is 0. The molecule has 6 rings (SSSR count). The number of pyridine rings is 1. The van der Waals surface area contributed by atoms with Crippen molar-refractivity contribution in [1.82, 2.24) is 15.2 Å². The molecule has 3 atom stereocenters. The second-order valence-corrected chi connectivity index (χ2v) is 11.3.